The molecule has 0 saturated carbocycles. The van der Waals surface area contributed by atoms with E-state index < -0.39 is 0 Å². The van der Waals surface area contributed by atoms with Gasteiger partial charge in [-0.3, -0.25) is 0 Å². The summed E-state index contributed by atoms with van der Waals surface area (Å²) in [7, 11) is 0. The predicted molar refractivity (Wildman–Crippen MR) is 62.5 cm³/mol. The number of hydrogen-bond donors (Lipinski definition) is 1. The molecule has 15 heavy (non-hydrogen) atoms. The molecular formula is C12H15ClFN. The van der Waals surface area contributed by atoms with Gasteiger partial charge in [-0.1, -0.05) is 17.7 Å². The SMILES string of the molecule is C=CCC(C)NCc1cc(Cl)ccc1F. The molecule has 1 atom stereocenters. The molecular weight excluding hydrogens is 213 g/mol. The molecule has 1 aromatic rings. The van der Waals surface area contributed by atoms with Gasteiger partial charge in [-0.2, -0.15) is 0 Å². The predicted octanol–water partition coefficient (Wildman–Crippen LogP) is 3.53. The van der Waals surface area contributed by atoms with Gasteiger partial charge in [-0.05, 0) is 31.5 Å². The maximum absolute atomic E-state index is 13.3. The summed E-state index contributed by atoms with van der Waals surface area (Å²) in [5, 5.41) is 3.76. The van der Waals surface area contributed by atoms with Crippen molar-refractivity contribution in [2.24, 2.45) is 0 Å². The second kappa shape index (κ2) is 5.89. The molecule has 0 aromatic heterocycles. The molecule has 0 aliphatic rings. The fourth-order valence-electron chi connectivity index (χ4n) is 1.30. The average molecular weight is 228 g/mol. The Balaban J connectivity index is 2.56. The standard InChI is InChI=1S/C12H15ClFN/c1-3-4-9(2)15-8-10-7-11(13)5-6-12(10)14/h3,5-7,9,15H,1,4,8H2,2H3. The van der Waals surface area contributed by atoms with Gasteiger partial charge in [0.15, 0.2) is 0 Å². The fourth-order valence-corrected chi connectivity index (χ4v) is 1.49. The summed E-state index contributed by atoms with van der Waals surface area (Å²) in [6.07, 6.45) is 2.70. The Hall–Kier alpha value is -0.860. The molecule has 0 spiro atoms. The lowest BCUT2D eigenvalue weighted by Gasteiger charge is -2.12. The van der Waals surface area contributed by atoms with Crippen LogP contribution in [0.2, 0.25) is 5.02 Å². The van der Waals surface area contributed by atoms with E-state index in [9.17, 15) is 4.39 Å². The van der Waals surface area contributed by atoms with Crippen LogP contribution in [-0.4, -0.2) is 6.04 Å². The van der Waals surface area contributed by atoms with Crippen LogP contribution in [0.3, 0.4) is 0 Å². The van der Waals surface area contributed by atoms with E-state index in [1.165, 1.54) is 6.07 Å². The molecule has 82 valence electrons. The van der Waals surface area contributed by atoms with Crippen molar-refractivity contribution in [3.63, 3.8) is 0 Å². The van der Waals surface area contributed by atoms with E-state index in [1.54, 1.807) is 12.1 Å². The first-order valence-corrected chi connectivity index (χ1v) is 5.29. The van der Waals surface area contributed by atoms with Crippen LogP contribution in [0, 0.1) is 5.82 Å². The molecule has 3 heteroatoms. The van der Waals surface area contributed by atoms with E-state index in [4.69, 9.17) is 11.6 Å². The van der Waals surface area contributed by atoms with Crippen molar-refractivity contribution in [1.82, 2.24) is 5.32 Å². The van der Waals surface area contributed by atoms with Crippen LogP contribution in [0.5, 0.6) is 0 Å². The highest BCUT2D eigenvalue weighted by Crippen LogP contribution is 2.14. The Morgan fingerprint density at radius 2 is 2.33 bits per heavy atom. The van der Waals surface area contributed by atoms with Gasteiger partial charge in [0.25, 0.3) is 0 Å². The minimum absolute atomic E-state index is 0.224. The molecule has 1 unspecified atom stereocenters. The van der Waals surface area contributed by atoms with Crippen molar-refractivity contribution in [3.05, 3.63) is 47.3 Å². The van der Waals surface area contributed by atoms with E-state index in [1.807, 2.05) is 13.0 Å². The zero-order valence-corrected chi connectivity index (χ0v) is 9.52. The number of halogens is 2. The minimum Gasteiger partial charge on any atom is -0.310 e. The molecule has 0 bridgehead atoms. The molecule has 0 radical (unpaired) electrons. The van der Waals surface area contributed by atoms with Crippen LogP contribution >= 0.6 is 11.6 Å². The van der Waals surface area contributed by atoms with Crippen molar-refractivity contribution < 1.29 is 4.39 Å². The summed E-state index contributed by atoms with van der Waals surface area (Å²) in [5.74, 6) is -0.224. The quantitative estimate of drug-likeness (QED) is 0.759. The highest BCUT2D eigenvalue weighted by molar-refractivity contribution is 6.30. The summed E-state index contributed by atoms with van der Waals surface area (Å²) >= 11 is 5.78. The van der Waals surface area contributed by atoms with E-state index in [0.29, 0.717) is 23.2 Å². The molecule has 0 fully saturated rings. The molecule has 1 nitrogen and oxygen atoms in total. The molecule has 0 saturated heterocycles. The second-order valence-electron chi connectivity index (χ2n) is 3.54. The zero-order valence-electron chi connectivity index (χ0n) is 8.76. The highest BCUT2D eigenvalue weighted by atomic mass is 35.5. The third-order valence-corrected chi connectivity index (χ3v) is 2.40. The van der Waals surface area contributed by atoms with Crippen molar-refractivity contribution >= 4 is 11.6 Å². The molecule has 0 aliphatic heterocycles. The number of rotatable bonds is 5. The Labute approximate surface area is 95.0 Å². The summed E-state index contributed by atoms with van der Waals surface area (Å²) in [5.41, 5.74) is 0.596. The van der Waals surface area contributed by atoms with Gasteiger partial charge in [-0.25, -0.2) is 4.39 Å². The van der Waals surface area contributed by atoms with Crippen LogP contribution in [0.4, 0.5) is 4.39 Å². The Bertz CT molecular complexity index is 338. The summed E-state index contributed by atoms with van der Waals surface area (Å²) < 4.78 is 13.3. The fraction of sp³-hybridized carbons (Fsp3) is 0.333. The Kier molecular flexibility index (Phi) is 4.79. The lowest BCUT2D eigenvalue weighted by Crippen LogP contribution is -2.25. The zero-order chi connectivity index (χ0) is 11.3. The molecule has 1 aromatic carbocycles. The molecule has 0 aliphatic carbocycles. The summed E-state index contributed by atoms with van der Waals surface area (Å²) in [6.45, 7) is 6.17. The second-order valence-corrected chi connectivity index (χ2v) is 3.98. The maximum Gasteiger partial charge on any atom is 0.127 e. The summed E-state index contributed by atoms with van der Waals surface area (Å²) in [6, 6.07) is 4.87. The van der Waals surface area contributed by atoms with Crippen molar-refractivity contribution in [2.45, 2.75) is 25.9 Å². The van der Waals surface area contributed by atoms with E-state index in [0.717, 1.165) is 6.42 Å². The van der Waals surface area contributed by atoms with E-state index in [2.05, 4.69) is 11.9 Å². The third kappa shape index (κ3) is 4.02. The minimum atomic E-state index is -0.224. The first-order valence-electron chi connectivity index (χ1n) is 4.91. The van der Waals surface area contributed by atoms with Gasteiger partial charge in [0, 0.05) is 23.2 Å². The lowest BCUT2D eigenvalue weighted by atomic mass is 10.2. The van der Waals surface area contributed by atoms with Crippen LogP contribution in [0.25, 0.3) is 0 Å². The molecule has 1 N–H and O–H groups in total. The molecule has 0 amide bonds. The average Bonchev–Trinajstić information content (AvgIpc) is 2.20. The monoisotopic (exact) mass is 227 g/mol. The van der Waals surface area contributed by atoms with Crippen molar-refractivity contribution in [3.8, 4) is 0 Å². The first kappa shape index (κ1) is 12.2. The Morgan fingerprint density at radius 1 is 1.60 bits per heavy atom. The van der Waals surface area contributed by atoms with E-state index in [-0.39, 0.29) is 5.82 Å². The third-order valence-electron chi connectivity index (χ3n) is 2.17. The number of hydrogen-bond acceptors (Lipinski definition) is 1. The van der Waals surface area contributed by atoms with Gasteiger partial charge in [-0.15, -0.1) is 6.58 Å². The van der Waals surface area contributed by atoms with Gasteiger partial charge < -0.3 is 5.32 Å². The normalized spacial score (nSPS) is 12.5. The van der Waals surface area contributed by atoms with Crippen LogP contribution < -0.4 is 5.32 Å². The van der Waals surface area contributed by atoms with Crippen LogP contribution in [0.1, 0.15) is 18.9 Å². The maximum atomic E-state index is 13.3. The van der Waals surface area contributed by atoms with Gasteiger partial charge in [0.05, 0.1) is 0 Å². The van der Waals surface area contributed by atoms with Crippen LogP contribution in [0.15, 0.2) is 30.9 Å². The Morgan fingerprint density at radius 3 is 3.00 bits per heavy atom. The molecule has 0 heterocycles. The number of nitrogens with one attached hydrogen (secondary N) is 1. The largest absolute Gasteiger partial charge is 0.310 e. The van der Waals surface area contributed by atoms with Gasteiger partial charge in [0.2, 0.25) is 0 Å². The topological polar surface area (TPSA) is 12.0 Å². The number of benzene rings is 1. The van der Waals surface area contributed by atoms with E-state index >= 15 is 0 Å². The summed E-state index contributed by atoms with van der Waals surface area (Å²) in [4.78, 5) is 0. The molecule has 1 rings (SSSR count). The highest BCUT2D eigenvalue weighted by Gasteiger charge is 2.04. The van der Waals surface area contributed by atoms with Crippen molar-refractivity contribution in [1.29, 1.82) is 0 Å². The smallest absolute Gasteiger partial charge is 0.127 e. The van der Waals surface area contributed by atoms with Gasteiger partial charge >= 0.3 is 0 Å². The van der Waals surface area contributed by atoms with Gasteiger partial charge in [0.1, 0.15) is 5.82 Å². The van der Waals surface area contributed by atoms with Crippen LogP contribution in [-0.2, 0) is 6.54 Å². The lowest BCUT2D eigenvalue weighted by molar-refractivity contribution is 0.531. The first-order chi connectivity index (χ1) is 7.13. The van der Waals surface area contributed by atoms with Crippen molar-refractivity contribution in [2.75, 3.05) is 0 Å².